The molecule has 4 fully saturated rings. The largest absolute Gasteiger partial charge is 0.468 e. The molecule has 2 unspecified atom stereocenters. The maximum absolute atomic E-state index is 11.8. The van der Waals surface area contributed by atoms with Gasteiger partial charge in [0.2, 0.25) is 0 Å². The van der Waals surface area contributed by atoms with Gasteiger partial charge in [-0.25, -0.2) is 0 Å². The van der Waals surface area contributed by atoms with Crippen molar-refractivity contribution in [3.05, 3.63) is 0 Å². The van der Waals surface area contributed by atoms with Crippen molar-refractivity contribution in [2.75, 3.05) is 7.11 Å². The molecule has 3 nitrogen and oxygen atoms in total. The van der Waals surface area contributed by atoms with Crippen LogP contribution in [0.15, 0.2) is 0 Å². The van der Waals surface area contributed by atoms with Crippen molar-refractivity contribution in [3.8, 4) is 0 Å². The average Bonchev–Trinajstić information content (AvgIpc) is 2.23. The van der Waals surface area contributed by atoms with Crippen molar-refractivity contribution in [2.45, 2.75) is 49.0 Å². The van der Waals surface area contributed by atoms with E-state index in [1.165, 1.54) is 13.5 Å². The van der Waals surface area contributed by atoms with Gasteiger partial charge in [0.1, 0.15) is 4.83 Å². The minimum Gasteiger partial charge on any atom is -0.468 e. The molecule has 1 N–H and O–H groups in total. The van der Waals surface area contributed by atoms with E-state index >= 15 is 0 Å². The van der Waals surface area contributed by atoms with Crippen molar-refractivity contribution >= 4 is 21.9 Å². The molecule has 4 aliphatic carbocycles. The summed E-state index contributed by atoms with van der Waals surface area (Å²) in [5.41, 5.74) is -0.573. The molecule has 0 amide bonds. The number of aliphatic hydroxyl groups is 1. The van der Waals surface area contributed by atoms with Gasteiger partial charge in [0.25, 0.3) is 0 Å². The van der Waals surface area contributed by atoms with Gasteiger partial charge >= 0.3 is 5.97 Å². The third-order valence-corrected chi connectivity index (χ3v) is 6.37. The van der Waals surface area contributed by atoms with E-state index in [1.54, 1.807) is 0 Å². The van der Waals surface area contributed by atoms with Gasteiger partial charge in [0.05, 0.1) is 12.7 Å². The first-order valence-electron chi connectivity index (χ1n) is 6.41. The van der Waals surface area contributed by atoms with Gasteiger partial charge in [0, 0.05) is 0 Å². The molecule has 4 aliphatic rings. The van der Waals surface area contributed by atoms with Gasteiger partial charge in [0.15, 0.2) is 0 Å². The fraction of sp³-hybridized carbons (Fsp3) is 0.923. The number of rotatable bonds is 2. The molecule has 0 spiro atoms. The Labute approximate surface area is 110 Å². The lowest BCUT2D eigenvalue weighted by atomic mass is 9.47. The van der Waals surface area contributed by atoms with Crippen LogP contribution in [0.5, 0.6) is 0 Å². The lowest BCUT2D eigenvalue weighted by Gasteiger charge is -2.61. The Morgan fingerprint density at radius 3 is 2.41 bits per heavy atom. The lowest BCUT2D eigenvalue weighted by molar-refractivity contribution is -0.172. The molecule has 0 aliphatic heterocycles. The topological polar surface area (TPSA) is 46.5 Å². The van der Waals surface area contributed by atoms with Crippen LogP contribution >= 0.6 is 15.9 Å². The molecule has 0 aromatic heterocycles. The monoisotopic (exact) mass is 302 g/mol. The first-order chi connectivity index (χ1) is 7.96. The van der Waals surface area contributed by atoms with E-state index in [0.29, 0.717) is 11.8 Å². The second-order valence-electron chi connectivity index (χ2n) is 6.43. The van der Waals surface area contributed by atoms with E-state index in [-0.39, 0.29) is 16.2 Å². The standard InChI is InChI=1S/C13H19BrO3/c1-17-11(15)10(14)12-3-8-2-9(4-12)6-13(16,5-8)7-12/h8-10,16H,2-7H2,1H3/t8-,9+,10-,12?,13?/m1/s1. The number of ether oxygens (including phenoxy) is 1. The number of carbonyl (C=O) groups excluding carboxylic acids is 1. The zero-order chi connectivity index (χ0) is 12.3. The van der Waals surface area contributed by atoms with Crippen LogP contribution in [0, 0.1) is 17.3 Å². The van der Waals surface area contributed by atoms with E-state index in [9.17, 15) is 9.90 Å². The summed E-state index contributed by atoms with van der Waals surface area (Å²) in [7, 11) is 1.44. The zero-order valence-electron chi connectivity index (χ0n) is 10.1. The van der Waals surface area contributed by atoms with Gasteiger partial charge in [-0.15, -0.1) is 0 Å². The highest BCUT2D eigenvalue weighted by molar-refractivity contribution is 9.10. The summed E-state index contributed by atoms with van der Waals surface area (Å²) in [4.78, 5) is 11.5. The minimum atomic E-state index is -0.510. The minimum absolute atomic E-state index is 0.0636. The zero-order valence-corrected chi connectivity index (χ0v) is 11.7. The van der Waals surface area contributed by atoms with Crippen LogP contribution in [0.4, 0.5) is 0 Å². The van der Waals surface area contributed by atoms with Gasteiger partial charge in [-0.05, 0) is 55.8 Å². The fourth-order valence-electron chi connectivity index (χ4n) is 4.93. The molecule has 4 heteroatoms. The molecule has 96 valence electrons. The first kappa shape index (κ1) is 12.0. The normalized spacial score (nSPS) is 49.1. The van der Waals surface area contributed by atoms with Crippen LogP contribution in [0.2, 0.25) is 0 Å². The van der Waals surface area contributed by atoms with Crippen molar-refractivity contribution in [2.24, 2.45) is 17.3 Å². The second-order valence-corrected chi connectivity index (χ2v) is 7.35. The van der Waals surface area contributed by atoms with Crippen LogP contribution in [-0.2, 0) is 9.53 Å². The van der Waals surface area contributed by atoms with E-state index in [0.717, 1.165) is 32.1 Å². The molecule has 0 saturated heterocycles. The number of methoxy groups -OCH3 is 1. The Kier molecular flexibility index (Phi) is 2.61. The number of carbonyl (C=O) groups is 1. The van der Waals surface area contributed by atoms with Crippen LogP contribution in [0.1, 0.15) is 38.5 Å². The number of esters is 1. The lowest BCUT2D eigenvalue weighted by Crippen LogP contribution is -2.59. The van der Waals surface area contributed by atoms with Gasteiger partial charge in [-0.1, -0.05) is 15.9 Å². The smallest absolute Gasteiger partial charge is 0.320 e. The van der Waals surface area contributed by atoms with Crippen molar-refractivity contribution in [1.29, 1.82) is 0 Å². The first-order valence-corrected chi connectivity index (χ1v) is 7.32. The highest BCUT2D eigenvalue weighted by Crippen LogP contribution is 2.63. The highest BCUT2D eigenvalue weighted by atomic mass is 79.9. The summed E-state index contributed by atoms with van der Waals surface area (Å²) in [6.45, 7) is 0. The Morgan fingerprint density at radius 1 is 1.35 bits per heavy atom. The van der Waals surface area contributed by atoms with E-state index in [2.05, 4.69) is 15.9 Å². The van der Waals surface area contributed by atoms with Gasteiger partial charge in [-0.2, -0.15) is 0 Å². The van der Waals surface area contributed by atoms with Crippen LogP contribution in [0.3, 0.4) is 0 Å². The Morgan fingerprint density at radius 2 is 1.94 bits per heavy atom. The summed E-state index contributed by atoms with van der Waals surface area (Å²) in [6.07, 6.45) is 6.01. The Balaban J connectivity index is 1.90. The van der Waals surface area contributed by atoms with Crippen molar-refractivity contribution < 1.29 is 14.6 Å². The summed E-state index contributed by atoms with van der Waals surface area (Å²) < 4.78 is 4.87. The predicted molar refractivity (Wildman–Crippen MR) is 66.8 cm³/mol. The van der Waals surface area contributed by atoms with Crippen molar-refractivity contribution in [1.82, 2.24) is 0 Å². The van der Waals surface area contributed by atoms with Gasteiger partial charge < -0.3 is 9.84 Å². The highest BCUT2D eigenvalue weighted by Gasteiger charge is 2.60. The molecule has 0 aromatic rings. The maximum Gasteiger partial charge on any atom is 0.320 e. The summed E-state index contributed by atoms with van der Waals surface area (Å²) in [6, 6.07) is 0. The van der Waals surface area contributed by atoms with Crippen LogP contribution in [0.25, 0.3) is 0 Å². The third kappa shape index (κ3) is 1.75. The molecule has 17 heavy (non-hydrogen) atoms. The number of hydrogen-bond acceptors (Lipinski definition) is 3. The van der Waals surface area contributed by atoms with Gasteiger partial charge in [-0.3, -0.25) is 4.79 Å². The molecular formula is C13H19BrO3. The molecule has 4 rings (SSSR count). The molecular weight excluding hydrogens is 284 g/mol. The van der Waals surface area contributed by atoms with E-state index in [4.69, 9.17) is 4.74 Å². The fourth-order valence-corrected chi connectivity index (χ4v) is 5.66. The molecule has 0 aromatic carbocycles. The molecule has 0 radical (unpaired) electrons. The van der Waals surface area contributed by atoms with Crippen LogP contribution in [-0.4, -0.2) is 28.6 Å². The number of halogens is 1. The summed E-state index contributed by atoms with van der Waals surface area (Å²) >= 11 is 3.53. The SMILES string of the molecule is COC(=O)[C@@H](Br)C12C[C@@H]3C[C@@H](CC(O)(C3)C1)C2. The number of hydrogen-bond donors (Lipinski definition) is 1. The van der Waals surface area contributed by atoms with Crippen LogP contribution < -0.4 is 0 Å². The predicted octanol–water partition coefficient (Wildman–Crippen LogP) is 2.25. The molecule has 5 atom stereocenters. The quantitative estimate of drug-likeness (QED) is 0.629. The van der Waals surface area contributed by atoms with E-state index in [1.807, 2.05) is 0 Å². The maximum atomic E-state index is 11.8. The number of alkyl halides is 1. The summed E-state index contributed by atoms with van der Waals surface area (Å²) in [5.74, 6) is 1.02. The molecule has 4 bridgehead atoms. The molecule has 4 saturated carbocycles. The van der Waals surface area contributed by atoms with E-state index < -0.39 is 5.60 Å². The molecule has 0 heterocycles. The summed E-state index contributed by atoms with van der Waals surface area (Å²) in [5, 5.41) is 10.6. The Hall–Kier alpha value is -0.0900. The second kappa shape index (κ2) is 3.70. The Bertz CT molecular complexity index is 341. The van der Waals surface area contributed by atoms with Crippen molar-refractivity contribution in [3.63, 3.8) is 0 Å². The average molecular weight is 303 g/mol. The third-order valence-electron chi connectivity index (χ3n) is 5.02.